The van der Waals surface area contributed by atoms with Crippen LogP contribution in [0.3, 0.4) is 0 Å². The lowest BCUT2D eigenvalue weighted by Gasteiger charge is -2.10. The smallest absolute Gasteiger partial charge is 0.411 e. The van der Waals surface area contributed by atoms with Gasteiger partial charge in [0.05, 0.1) is 23.9 Å². The van der Waals surface area contributed by atoms with E-state index in [1.54, 1.807) is 18.2 Å². The molecule has 102 valence electrons. The lowest BCUT2D eigenvalue weighted by molar-refractivity contribution is 0.147. The molecule has 0 aliphatic heterocycles. The summed E-state index contributed by atoms with van der Waals surface area (Å²) in [6, 6.07) is 5.11. The van der Waals surface area contributed by atoms with Gasteiger partial charge in [-0.15, -0.1) is 0 Å². The molecule has 0 bridgehead atoms. The van der Waals surface area contributed by atoms with Crippen LogP contribution in [0.15, 0.2) is 18.2 Å². The molecule has 0 unspecified atom stereocenters. The summed E-state index contributed by atoms with van der Waals surface area (Å²) < 4.78 is 5.02. The van der Waals surface area contributed by atoms with E-state index in [0.717, 1.165) is 5.56 Å². The Labute approximate surface area is 118 Å². The average molecular weight is 281 g/mol. The number of nitrogens with one attached hydrogen (secondary N) is 1. The van der Waals surface area contributed by atoms with E-state index in [9.17, 15) is 4.79 Å². The van der Waals surface area contributed by atoms with Crippen LogP contribution >= 0.6 is 11.6 Å². The molecule has 0 atom stereocenters. The zero-order valence-electron chi connectivity index (χ0n) is 11.0. The number of rotatable bonds is 3. The molecule has 1 aromatic rings. The van der Waals surface area contributed by atoms with Crippen molar-refractivity contribution in [3.63, 3.8) is 0 Å². The number of halogens is 1. The summed E-state index contributed by atoms with van der Waals surface area (Å²) >= 11 is 5.99. The molecule has 0 aromatic heterocycles. The summed E-state index contributed by atoms with van der Waals surface area (Å²) in [6.07, 6.45) is -0.528. The van der Waals surface area contributed by atoms with Gasteiger partial charge in [-0.05, 0) is 24.1 Å². The predicted octanol–water partition coefficient (Wildman–Crippen LogP) is 2.85. The van der Waals surface area contributed by atoms with Crippen molar-refractivity contribution in [3.8, 4) is 11.8 Å². The van der Waals surface area contributed by atoms with Crippen molar-refractivity contribution >= 4 is 23.4 Å². The van der Waals surface area contributed by atoms with Gasteiger partial charge < -0.3 is 10.5 Å². The third-order valence-corrected chi connectivity index (χ3v) is 2.42. The molecule has 0 heterocycles. The van der Waals surface area contributed by atoms with E-state index in [4.69, 9.17) is 22.1 Å². The number of amides is 1. The maximum absolute atomic E-state index is 11.5. The first kappa shape index (κ1) is 15.4. The number of carbonyl (C=O) groups is 1. The number of ether oxygens (including phenoxy) is 1. The summed E-state index contributed by atoms with van der Waals surface area (Å²) in [5.74, 6) is 5.89. The summed E-state index contributed by atoms with van der Waals surface area (Å²) in [5.41, 5.74) is 6.51. The maximum Gasteiger partial charge on any atom is 0.411 e. The molecular weight excluding hydrogens is 264 g/mol. The molecule has 0 saturated carbocycles. The van der Waals surface area contributed by atoms with Crippen molar-refractivity contribution in [2.45, 2.75) is 13.8 Å². The summed E-state index contributed by atoms with van der Waals surface area (Å²) in [7, 11) is 0. The quantitative estimate of drug-likeness (QED) is 0.837. The topological polar surface area (TPSA) is 64.3 Å². The molecule has 0 aliphatic rings. The molecule has 1 aromatic carbocycles. The lowest BCUT2D eigenvalue weighted by Crippen LogP contribution is -2.16. The van der Waals surface area contributed by atoms with Crippen molar-refractivity contribution in [2.24, 2.45) is 11.7 Å². The third-order valence-electron chi connectivity index (χ3n) is 2.09. The molecule has 0 fully saturated rings. The van der Waals surface area contributed by atoms with E-state index in [0.29, 0.717) is 17.3 Å². The van der Waals surface area contributed by atoms with Crippen molar-refractivity contribution in [1.29, 1.82) is 0 Å². The predicted molar refractivity (Wildman–Crippen MR) is 77.2 cm³/mol. The molecule has 0 spiro atoms. The molecule has 5 heteroatoms. The van der Waals surface area contributed by atoms with Crippen LogP contribution in [-0.4, -0.2) is 19.2 Å². The lowest BCUT2D eigenvalue weighted by atomic mass is 10.2. The highest BCUT2D eigenvalue weighted by Gasteiger charge is 2.08. The van der Waals surface area contributed by atoms with Crippen molar-refractivity contribution in [2.75, 3.05) is 18.5 Å². The number of nitrogens with two attached hydrogens (primary N) is 1. The van der Waals surface area contributed by atoms with Crippen molar-refractivity contribution in [3.05, 3.63) is 28.8 Å². The van der Waals surface area contributed by atoms with Crippen LogP contribution in [0.5, 0.6) is 0 Å². The van der Waals surface area contributed by atoms with Gasteiger partial charge in [-0.1, -0.05) is 37.3 Å². The number of anilines is 1. The minimum atomic E-state index is -0.528. The summed E-state index contributed by atoms with van der Waals surface area (Å²) in [6.45, 7) is 4.56. The molecule has 0 radical (unpaired) electrons. The van der Waals surface area contributed by atoms with Gasteiger partial charge in [-0.3, -0.25) is 5.32 Å². The van der Waals surface area contributed by atoms with Crippen molar-refractivity contribution in [1.82, 2.24) is 0 Å². The Kier molecular flexibility index (Phi) is 6.20. The van der Waals surface area contributed by atoms with E-state index in [1.165, 1.54) is 0 Å². The highest BCUT2D eigenvalue weighted by molar-refractivity contribution is 6.33. The van der Waals surface area contributed by atoms with Crippen molar-refractivity contribution < 1.29 is 9.53 Å². The number of carbonyl (C=O) groups excluding carboxylic acids is 1. The second-order valence-corrected chi connectivity index (χ2v) is 4.73. The van der Waals surface area contributed by atoms with E-state index in [2.05, 4.69) is 17.2 Å². The van der Waals surface area contributed by atoms with E-state index in [-0.39, 0.29) is 12.5 Å². The number of benzene rings is 1. The zero-order chi connectivity index (χ0) is 14.3. The van der Waals surface area contributed by atoms with Gasteiger partial charge in [-0.25, -0.2) is 4.79 Å². The van der Waals surface area contributed by atoms with Gasteiger partial charge in [0.1, 0.15) is 0 Å². The molecule has 4 nitrogen and oxygen atoms in total. The first-order valence-corrected chi connectivity index (χ1v) is 6.33. The third kappa shape index (κ3) is 5.64. The van der Waals surface area contributed by atoms with Crippen LogP contribution in [0.25, 0.3) is 0 Å². The summed E-state index contributed by atoms with van der Waals surface area (Å²) in [4.78, 5) is 11.5. The van der Waals surface area contributed by atoms with Crippen LogP contribution in [0.4, 0.5) is 10.5 Å². The monoisotopic (exact) mass is 280 g/mol. The Morgan fingerprint density at radius 3 is 2.89 bits per heavy atom. The van der Waals surface area contributed by atoms with Crippen LogP contribution < -0.4 is 11.1 Å². The second-order valence-electron chi connectivity index (χ2n) is 4.32. The molecular formula is C14H17ClN2O2. The average Bonchev–Trinajstić information content (AvgIpc) is 2.37. The zero-order valence-corrected chi connectivity index (χ0v) is 11.8. The van der Waals surface area contributed by atoms with Gasteiger partial charge in [0.2, 0.25) is 0 Å². The van der Waals surface area contributed by atoms with Gasteiger partial charge >= 0.3 is 6.09 Å². The van der Waals surface area contributed by atoms with Crippen LogP contribution in [0, 0.1) is 17.8 Å². The first-order chi connectivity index (χ1) is 9.02. The molecule has 0 saturated heterocycles. The number of hydrogen-bond donors (Lipinski definition) is 2. The first-order valence-electron chi connectivity index (χ1n) is 5.95. The normalized spacial score (nSPS) is 9.74. The van der Waals surface area contributed by atoms with E-state index in [1.807, 2.05) is 13.8 Å². The van der Waals surface area contributed by atoms with Crippen LogP contribution in [0.2, 0.25) is 5.02 Å². The molecule has 0 aliphatic carbocycles. The Hall–Kier alpha value is -1.70. The molecule has 1 amide bonds. The summed E-state index contributed by atoms with van der Waals surface area (Å²) in [5, 5.41) is 3.02. The number of hydrogen-bond acceptors (Lipinski definition) is 3. The SMILES string of the molecule is CC(C)COC(=O)Nc1cc(C#CCN)ccc1Cl. The second kappa shape index (κ2) is 7.67. The Morgan fingerprint density at radius 1 is 1.53 bits per heavy atom. The van der Waals surface area contributed by atoms with Gasteiger partial charge in [-0.2, -0.15) is 0 Å². The standard InChI is InChI=1S/C14H17ClN2O2/c1-10(2)9-19-14(18)17-13-8-11(4-3-7-16)5-6-12(13)15/h5-6,8,10H,7,9,16H2,1-2H3,(H,17,18). The van der Waals surface area contributed by atoms with Gasteiger partial charge in [0, 0.05) is 5.56 Å². The molecule has 19 heavy (non-hydrogen) atoms. The van der Waals surface area contributed by atoms with E-state index < -0.39 is 6.09 Å². The fraction of sp³-hybridized carbons (Fsp3) is 0.357. The Bertz CT molecular complexity index is 504. The fourth-order valence-electron chi connectivity index (χ4n) is 1.24. The maximum atomic E-state index is 11.5. The van der Waals surface area contributed by atoms with Crippen LogP contribution in [-0.2, 0) is 4.74 Å². The molecule has 3 N–H and O–H groups in total. The minimum Gasteiger partial charge on any atom is -0.449 e. The minimum absolute atomic E-state index is 0.280. The highest BCUT2D eigenvalue weighted by atomic mass is 35.5. The van der Waals surface area contributed by atoms with E-state index >= 15 is 0 Å². The van der Waals surface area contributed by atoms with Gasteiger partial charge in [0.25, 0.3) is 0 Å². The highest BCUT2D eigenvalue weighted by Crippen LogP contribution is 2.22. The van der Waals surface area contributed by atoms with Crippen LogP contribution in [0.1, 0.15) is 19.4 Å². The largest absolute Gasteiger partial charge is 0.449 e. The van der Waals surface area contributed by atoms with Gasteiger partial charge in [0.15, 0.2) is 0 Å². The fourth-order valence-corrected chi connectivity index (χ4v) is 1.41. The molecule has 1 rings (SSSR count). The Balaban J connectivity index is 2.74. The Morgan fingerprint density at radius 2 is 2.26 bits per heavy atom.